The van der Waals surface area contributed by atoms with Crippen molar-refractivity contribution in [1.82, 2.24) is 18.9 Å². The van der Waals surface area contributed by atoms with Gasteiger partial charge in [0.05, 0.1) is 17.6 Å². The third kappa shape index (κ3) is 7.84. The maximum atomic E-state index is 13.9. The lowest BCUT2D eigenvalue weighted by molar-refractivity contribution is -0.143. The average molecular weight is 613 g/mol. The summed E-state index contributed by atoms with van der Waals surface area (Å²) in [4.78, 5) is 42.3. The summed E-state index contributed by atoms with van der Waals surface area (Å²) in [5, 5.41) is 10.2. The van der Waals surface area contributed by atoms with Crippen LogP contribution in [0.2, 0.25) is 0 Å². The number of hydrogen-bond acceptors (Lipinski definition) is 5. The van der Waals surface area contributed by atoms with Crippen molar-refractivity contribution < 1.29 is 19.4 Å². The molecule has 238 valence electrons. The Morgan fingerprint density at radius 3 is 2.13 bits per heavy atom. The van der Waals surface area contributed by atoms with Gasteiger partial charge in [0.15, 0.2) is 0 Å². The molecule has 1 saturated heterocycles. The van der Waals surface area contributed by atoms with Crippen LogP contribution < -0.4 is 5.69 Å². The molecule has 1 fully saturated rings. The number of amides is 1. The third-order valence-electron chi connectivity index (χ3n) is 8.93. The Balaban J connectivity index is 1.38. The number of imidazole rings is 1. The molecule has 1 aromatic heterocycles. The molecule has 0 saturated carbocycles. The monoisotopic (exact) mass is 612 g/mol. The van der Waals surface area contributed by atoms with Crippen LogP contribution in [0.5, 0.6) is 0 Å². The van der Waals surface area contributed by atoms with Crippen molar-refractivity contribution >= 4 is 23.1 Å². The van der Waals surface area contributed by atoms with Crippen molar-refractivity contribution in [3.63, 3.8) is 0 Å². The number of fused-ring (bicyclic) bond motifs is 1. The molecule has 4 aromatic rings. The summed E-state index contributed by atoms with van der Waals surface area (Å²) in [7, 11) is 0. The Hall–Kier alpha value is -4.37. The Morgan fingerprint density at radius 2 is 1.53 bits per heavy atom. The number of para-hydroxylation sites is 2. The number of likely N-dealkylation sites (tertiary alicyclic amines) is 1. The molecule has 9 nitrogen and oxygen atoms in total. The zero-order valence-corrected chi connectivity index (χ0v) is 26.3. The van der Waals surface area contributed by atoms with Crippen LogP contribution in [-0.2, 0) is 29.2 Å². The highest BCUT2D eigenvalue weighted by Crippen LogP contribution is 2.32. The summed E-state index contributed by atoms with van der Waals surface area (Å²) in [6.07, 6.45) is 1.60. The molecular weight excluding hydrogens is 568 g/mol. The first-order valence-electron chi connectivity index (χ1n) is 16.0. The van der Waals surface area contributed by atoms with Crippen molar-refractivity contribution in [3.8, 4) is 0 Å². The van der Waals surface area contributed by atoms with Gasteiger partial charge in [-0.05, 0) is 62.8 Å². The molecular formula is C36H44N4O5. The number of carbonyl (C=O) groups excluding carboxylic acids is 1. The highest BCUT2D eigenvalue weighted by Gasteiger charge is 2.36. The van der Waals surface area contributed by atoms with E-state index < -0.39 is 6.09 Å². The van der Waals surface area contributed by atoms with Gasteiger partial charge in [0, 0.05) is 50.7 Å². The summed E-state index contributed by atoms with van der Waals surface area (Å²) < 4.78 is 8.68. The van der Waals surface area contributed by atoms with Crippen molar-refractivity contribution in [2.75, 3.05) is 13.2 Å². The van der Waals surface area contributed by atoms with Gasteiger partial charge in [-0.15, -0.1) is 0 Å². The Bertz CT molecular complexity index is 1580. The second-order valence-corrected chi connectivity index (χ2v) is 12.0. The second-order valence-electron chi connectivity index (χ2n) is 12.0. The minimum Gasteiger partial charge on any atom is -0.466 e. The van der Waals surface area contributed by atoms with Gasteiger partial charge in [0.1, 0.15) is 0 Å². The standard InChI is InChI=1S/C36H44N4O5/c1-3-45-34(41)19-12-21-39-32-17-10-11-18-33(32)40(35(39)42)30-20-22-38(36(43)44)31(24-30)23-27(2)37(25-28-13-6-4-7-14-28)26-29-15-8-5-9-16-29/h4-11,13-18,27,30-31H,3,12,19-26H2,1-2H3,(H,43,44). The van der Waals surface area contributed by atoms with Crippen molar-refractivity contribution in [1.29, 1.82) is 0 Å². The minimum atomic E-state index is -0.919. The molecule has 0 spiro atoms. The Labute approximate surface area is 264 Å². The predicted octanol–water partition coefficient (Wildman–Crippen LogP) is 6.31. The molecule has 9 heteroatoms. The first-order valence-corrected chi connectivity index (χ1v) is 16.0. The zero-order valence-electron chi connectivity index (χ0n) is 26.3. The molecule has 0 radical (unpaired) electrons. The van der Waals surface area contributed by atoms with Gasteiger partial charge < -0.3 is 14.7 Å². The van der Waals surface area contributed by atoms with Crippen LogP contribution in [0.1, 0.15) is 63.1 Å². The molecule has 1 aliphatic rings. The van der Waals surface area contributed by atoms with Crippen LogP contribution in [-0.4, -0.2) is 61.3 Å². The largest absolute Gasteiger partial charge is 0.466 e. The van der Waals surface area contributed by atoms with Gasteiger partial charge in [-0.1, -0.05) is 72.8 Å². The topological polar surface area (TPSA) is 97.0 Å². The van der Waals surface area contributed by atoms with E-state index >= 15 is 0 Å². The number of aryl methyl sites for hydroxylation is 1. The van der Waals surface area contributed by atoms with Gasteiger partial charge in [-0.25, -0.2) is 9.59 Å². The lowest BCUT2D eigenvalue weighted by Crippen LogP contribution is -2.49. The molecule has 1 N–H and O–H groups in total. The molecule has 5 rings (SSSR count). The van der Waals surface area contributed by atoms with Crippen molar-refractivity contribution in [2.24, 2.45) is 0 Å². The summed E-state index contributed by atoms with van der Waals surface area (Å²) >= 11 is 0. The number of aromatic nitrogens is 2. The van der Waals surface area contributed by atoms with Gasteiger partial charge in [0.2, 0.25) is 0 Å². The van der Waals surface area contributed by atoms with Gasteiger partial charge >= 0.3 is 17.8 Å². The van der Waals surface area contributed by atoms with E-state index in [4.69, 9.17) is 4.74 Å². The predicted molar refractivity (Wildman–Crippen MR) is 175 cm³/mol. The van der Waals surface area contributed by atoms with Crippen LogP contribution in [0.15, 0.2) is 89.7 Å². The number of piperidine rings is 1. The van der Waals surface area contributed by atoms with E-state index in [1.54, 1.807) is 16.4 Å². The molecule has 2 heterocycles. The maximum Gasteiger partial charge on any atom is 0.407 e. The van der Waals surface area contributed by atoms with E-state index in [0.29, 0.717) is 45.4 Å². The molecule has 1 amide bonds. The van der Waals surface area contributed by atoms with Gasteiger partial charge in [-0.2, -0.15) is 0 Å². The SMILES string of the molecule is CCOC(=O)CCCn1c(=O)n(C2CCN(C(=O)O)C(CC(C)N(Cc3ccccc3)Cc3ccccc3)C2)c2ccccc21. The number of esters is 1. The first kappa shape index (κ1) is 32.0. The summed E-state index contributed by atoms with van der Waals surface area (Å²) in [6, 6.07) is 28.1. The summed E-state index contributed by atoms with van der Waals surface area (Å²) in [5.74, 6) is -0.263. The zero-order chi connectivity index (χ0) is 31.8. The maximum absolute atomic E-state index is 13.9. The number of carbonyl (C=O) groups is 2. The van der Waals surface area contributed by atoms with Crippen molar-refractivity contribution in [3.05, 3.63) is 107 Å². The number of carboxylic acid groups (broad SMARTS) is 1. The molecule has 3 unspecified atom stereocenters. The fourth-order valence-corrected chi connectivity index (χ4v) is 6.70. The van der Waals surface area contributed by atoms with Crippen LogP contribution in [0.3, 0.4) is 0 Å². The highest BCUT2D eigenvalue weighted by molar-refractivity contribution is 5.76. The van der Waals surface area contributed by atoms with Crippen molar-refractivity contribution in [2.45, 2.75) is 83.7 Å². The fourth-order valence-electron chi connectivity index (χ4n) is 6.70. The number of rotatable bonds is 13. The third-order valence-corrected chi connectivity index (χ3v) is 8.93. The van der Waals surface area contributed by atoms with Crippen LogP contribution in [0, 0.1) is 0 Å². The van der Waals surface area contributed by atoms with E-state index in [1.165, 1.54) is 11.1 Å². The average Bonchev–Trinajstić information content (AvgIpc) is 3.32. The molecule has 3 atom stereocenters. The minimum absolute atomic E-state index is 0.0805. The second kappa shape index (κ2) is 15.1. The van der Waals surface area contributed by atoms with E-state index in [1.807, 2.05) is 65.2 Å². The number of hydrogen-bond donors (Lipinski definition) is 1. The van der Waals surface area contributed by atoms with Gasteiger partial charge in [0.25, 0.3) is 0 Å². The lowest BCUT2D eigenvalue weighted by atomic mass is 9.92. The van der Waals surface area contributed by atoms with E-state index in [2.05, 4.69) is 36.1 Å². The molecule has 0 bridgehead atoms. The van der Waals surface area contributed by atoms with Gasteiger partial charge in [-0.3, -0.25) is 18.8 Å². The molecule has 0 aliphatic carbocycles. The Kier molecular flexibility index (Phi) is 10.7. The normalized spacial score (nSPS) is 17.4. The first-order chi connectivity index (χ1) is 21.9. The van der Waals surface area contributed by atoms with Crippen LogP contribution in [0.25, 0.3) is 11.0 Å². The van der Waals surface area contributed by atoms with Crippen LogP contribution >= 0.6 is 0 Å². The van der Waals surface area contributed by atoms with E-state index in [9.17, 15) is 19.5 Å². The van der Waals surface area contributed by atoms with E-state index in [0.717, 1.165) is 24.1 Å². The van der Waals surface area contributed by atoms with Crippen LogP contribution in [0.4, 0.5) is 4.79 Å². The number of nitrogens with zero attached hydrogens (tertiary/aromatic N) is 4. The molecule has 3 aromatic carbocycles. The molecule has 1 aliphatic heterocycles. The molecule has 45 heavy (non-hydrogen) atoms. The smallest absolute Gasteiger partial charge is 0.407 e. The van der Waals surface area contributed by atoms with E-state index in [-0.39, 0.29) is 36.2 Å². The quantitative estimate of drug-likeness (QED) is 0.178. The highest BCUT2D eigenvalue weighted by atomic mass is 16.5. The lowest BCUT2D eigenvalue weighted by Gasteiger charge is -2.41. The number of ether oxygens (including phenoxy) is 1. The summed E-state index contributed by atoms with van der Waals surface area (Å²) in [6.45, 7) is 6.57. The fraction of sp³-hybridized carbons (Fsp3) is 0.417. The summed E-state index contributed by atoms with van der Waals surface area (Å²) in [5.41, 5.74) is 3.97. The number of benzene rings is 3. The Morgan fingerprint density at radius 1 is 0.933 bits per heavy atom.